The van der Waals surface area contributed by atoms with E-state index in [1.807, 2.05) is 19.1 Å². The van der Waals surface area contributed by atoms with Crippen molar-refractivity contribution in [1.29, 1.82) is 0 Å². The molecule has 0 aliphatic heterocycles. The second kappa shape index (κ2) is 11.3. The molecule has 0 aliphatic rings. The standard InChI is InChI=1S/C24H29N3O2S/c1-5-14-25-23(29)20-8-6-7-9-21(20)26-24(30)27-22(28)17(4)19-12-10-18(11-13-19)15-16(2)3/h5-13,16-17H,1,14-15H2,2-4H3,(H,25,29)(H2,26,27,28,30). The smallest absolute Gasteiger partial charge is 0.253 e. The van der Waals surface area contributed by atoms with Crippen LogP contribution in [0, 0.1) is 5.92 Å². The van der Waals surface area contributed by atoms with Crippen LogP contribution in [0.3, 0.4) is 0 Å². The highest BCUT2D eigenvalue weighted by molar-refractivity contribution is 7.80. The fourth-order valence-electron chi connectivity index (χ4n) is 2.99. The van der Waals surface area contributed by atoms with Crippen molar-refractivity contribution in [1.82, 2.24) is 10.6 Å². The quantitative estimate of drug-likeness (QED) is 0.434. The van der Waals surface area contributed by atoms with Crippen LogP contribution >= 0.6 is 12.2 Å². The number of anilines is 1. The average Bonchev–Trinajstić information content (AvgIpc) is 2.71. The third-order valence-electron chi connectivity index (χ3n) is 4.58. The largest absolute Gasteiger partial charge is 0.349 e. The molecular formula is C24H29N3O2S. The number of nitrogens with one attached hydrogen (secondary N) is 3. The molecule has 1 atom stereocenters. The predicted octanol–water partition coefficient (Wildman–Crippen LogP) is 4.42. The monoisotopic (exact) mass is 423 g/mol. The lowest BCUT2D eigenvalue weighted by Gasteiger charge is -2.16. The van der Waals surface area contributed by atoms with Crippen LogP contribution < -0.4 is 16.0 Å². The minimum absolute atomic E-state index is 0.146. The van der Waals surface area contributed by atoms with Crippen molar-refractivity contribution in [3.8, 4) is 0 Å². The summed E-state index contributed by atoms with van der Waals surface area (Å²) in [5.41, 5.74) is 3.14. The lowest BCUT2D eigenvalue weighted by molar-refractivity contribution is -0.120. The van der Waals surface area contributed by atoms with Gasteiger partial charge in [0.15, 0.2) is 5.11 Å². The van der Waals surface area contributed by atoms with Crippen molar-refractivity contribution in [2.24, 2.45) is 5.92 Å². The SMILES string of the molecule is C=CCNC(=O)c1ccccc1NC(=S)NC(=O)C(C)c1ccc(CC(C)C)cc1. The molecule has 3 N–H and O–H groups in total. The van der Waals surface area contributed by atoms with Gasteiger partial charge in [0.2, 0.25) is 5.91 Å². The third-order valence-corrected chi connectivity index (χ3v) is 4.78. The fourth-order valence-corrected chi connectivity index (χ4v) is 3.20. The van der Waals surface area contributed by atoms with Crippen LogP contribution in [0.5, 0.6) is 0 Å². The summed E-state index contributed by atoms with van der Waals surface area (Å²) in [6.45, 7) is 10.2. The van der Waals surface area contributed by atoms with Gasteiger partial charge in [-0.2, -0.15) is 0 Å². The van der Waals surface area contributed by atoms with Crippen LogP contribution in [0.25, 0.3) is 0 Å². The Labute approximate surface area is 184 Å². The molecule has 5 nitrogen and oxygen atoms in total. The summed E-state index contributed by atoms with van der Waals surface area (Å²) in [7, 11) is 0. The van der Waals surface area contributed by atoms with Crippen LogP contribution in [-0.2, 0) is 11.2 Å². The van der Waals surface area contributed by atoms with E-state index < -0.39 is 0 Å². The number of rotatable bonds is 8. The van der Waals surface area contributed by atoms with Crippen LogP contribution in [0.2, 0.25) is 0 Å². The number of para-hydroxylation sites is 1. The lowest BCUT2D eigenvalue weighted by atomic mass is 9.96. The summed E-state index contributed by atoms with van der Waals surface area (Å²) in [5.74, 6) is -0.231. The molecule has 158 valence electrons. The molecule has 0 spiro atoms. The van der Waals surface area contributed by atoms with Crippen molar-refractivity contribution in [3.63, 3.8) is 0 Å². The topological polar surface area (TPSA) is 70.2 Å². The van der Waals surface area contributed by atoms with Crippen molar-refractivity contribution < 1.29 is 9.59 Å². The Bertz CT molecular complexity index is 907. The number of benzene rings is 2. The molecule has 1 unspecified atom stereocenters. The van der Waals surface area contributed by atoms with E-state index in [1.54, 1.807) is 30.3 Å². The summed E-state index contributed by atoms with van der Waals surface area (Å²) >= 11 is 5.29. The van der Waals surface area contributed by atoms with E-state index in [1.165, 1.54) is 5.56 Å². The number of carbonyl (C=O) groups excluding carboxylic acids is 2. The van der Waals surface area contributed by atoms with E-state index in [4.69, 9.17) is 12.2 Å². The van der Waals surface area contributed by atoms with Gasteiger partial charge in [0, 0.05) is 6.54 Å². The van der Waals surface area contributed by atoms with E-state index in [9.17, 15) is 9.59 Å². The highest BCUT2D eigenvalue weighted by atomic mass is 32.1. The maximum Gasteiger partial charge on any atom is 0.253 e. The second-order valence-electron chi connectivity index (χ2n) is 7.55. The first-order valence-electron chi connectivity index (χ1n) is 10.0. The Kier molecular flexibility index (Phi) is 8.74. The molecule has 2 aromatic rings. The number of hydrogen-bond donors (Lipinski definition) is 3. The molecule has 2 aromatic carbocycles. The Morgan fingerprint density at radius 3 is 2.37 bits per heavy atom. The molecule has 0 aromatic heterocycles. The summed E-state index contributed by atoms with van der Waals surface area (Å²) in [6.07, 6.45) is 2.62. The molecule has 0 heterocycles. The lowest BCUT2D eigenvalue weighted by Crippen LogP contribution is -2.37. The van der Waals surface area contributed by atoms with Crippen LogP contribution in [0.1, 0.15) is 48.2 Å². The summed E-state index contributed by atoms with van der Waals surface area (Å²) in [5, 5.41) is 8.54. The maximum atomic E-state index is 12.6. The van der Waals surface area contributed by atoms with Gasteiger partial charge in [0.1, 0.15) is 0 Å². The zero-order valence-electron chi connectivity index (χ0n) is 17.7. The van der Waals surface area contributed by atoms with Gasteiger partial charge in [-0.25, -0.2) is 0 Å². The van der Waals surface area contributed by atoms with Crippen molar-refractivity contribution >= 4 is 34.8 Å². The van der Waals surface area contributed by atoms with E-state index in [0.717, 1.165) is 12.0 Å². The molecule has 0 saturated carbocycles. The first-order chi connectivity index (χ1) is 14.3. The number of thiocarbonyl (C=S) groups is 1. The summed E-state index contributed by atoms with van der Waals surface area (Å²) in [6, 6.07) is 15.1. The van der Waals surface area contributed by atoms with Gasteiger partial charge >= 0.3 is 0 Å². The molecule has 0 fully saturated rings. The normalized spacial score (nSPS) is 11.5. The van der Waals surface area contributed by atoms with Crippen LogP contribution in [0.4, 0.5) is 5.69 Å². The van der Waals surface area contributed by atoms with E-state index in [2.05, 4.69) is 48.5 Å². The van der Waals surface area contributed by atoms with E-state index in [0.29, 0.717) is 23.7 Å². The van der Waals surface area contributed by atoms with Gasteiger partial charge < -0.3 is 16.0 Å². The van der Waals surface area contributed by atoms with E-state index in [-0.39, 0.29) is 22.8 Å². The molecule has 0 aliphatic carbocycles. The minimum Gasteiger partial charge on any atom is -0.349 e. The molecule has 6 heteroatoms. The zero-order chi connectivity index (χ0) is 22.1. The highest BCUT2D eigenvalue weighted by Crippen LogP contribution is 2.18. The second-order valence-corrected chi connectivity index (χ2v) is 7.96. The Balaban J connectivity index is 2.00. The van der Waals surface area contributed by atoms with Crippen LogP contribution in [0.15, 0.2) is 61.2 Å². The summed E-state index contributed by atoms with van der Waals surface area (Å²) in [4.78, 5) is 24.9. The maximum absolute atomic E-state index is 12.6. The van der Waals surface area contributed by atoms with Gasteiger partial charge in [-0.05, 0) is 54.7 Å². The minimum atomic E-state index is -0.357. The van der Waals surface area contributed by atoms with Gasteiger partial charge in [-0.15, -0.1) is 6.58 Å². The van der Waals surface area contributed by atoms with Crippen molar-refractivity contribution in [2.75, 3.05) is 11.9 Å². The first kappa shape index (κ1) is 23.3. The van der Waals surface area contributed by atoms with Gasteiger partial charge in [-0.1, -0.05) is 56.3 Å². The van der Waals surface area contributed by atoms with Crippen molar-refractivity contribution in [3.05, 3.63) is 77.9 Å². The molecule has 0 saturated heterocycles. The Morgan fingerprint density at radius 1 is 1.07 bits per heavy atom. The Hall–Kier alpha value is -2.99. The fraction of sp³-hybridized carbons (Fsp3) is 0.292. The molecular weight excluding hydrogens is 394 g/mol. The van der Waals surface area contributed by atoms with E-state index >= 15 is 0 Å². The molecule has 2 amide bonds. The van der Waals surface area contributed by atoms with Gasteiger partial charge in [0.25, 0.3) is 5.91 Å². The molecule has 30 heavy (non-hydrogen) atoms. The number of amides is 2. The zero-order valence-corrected chi connectivity index (χ0v) is 18.5. The molecule has 2 rings (SSSR count). The molecule has 0 bridgehead atoms. The van der Waals surface area contributed by atoms with Crippen molar-refractivity contribution in [2.45, 2.75) is 33.1 Å². The highest BCUT2D eigenvalue weighted by Gasteiger charge is 2.18. The van der Waals surface area contributed by atoms with Gasteiger partial charge in [-0.3, -0.25) is 9.59 Å². The molecule has 0 radical (unpaired) electrons. The number of hydrogen-bond acceptors (Lipinski definition) is 3. The number of carbonyl (C=O) groups is 2. The van der Waals surface area contributed by atoms with Gasteiger partial charge in [0.05, 0.1) is 17.2 Å². The third kappa shape index (κ3) is 6.81. The Morgan fingerprint density at radius 2 is 1.73 bits per heavy atom. The average molecular weight is 424 g/mol. The summed E-state index contributed by atoms with van der Waals surface area (Å²) < 4.78 is 0. The predicted molar refractivity (Wildman–Crippen MR) is 127 cm³/mol. The van der Waals surface area contributed by atoms with Crippen LogP contribution in [-0.4, -0.2) is 23.5 Å². The first-order valence-corrected chi connectivity index (χ1v) is 10.4.